The van der Waals surface area contributed by atoms with Crippen LogP contribution >= 0.6 is 0 Å². The third-order valence-electron chi connectivity index (χ3n) is 5.54. The van der Waals surface area contributed by atoms with Crippen molar-refractivity contribution in [2.45, 2.75) is 31.8 Å². The molecular formula is C21H29N3O3. The first kappa shape index (κ1) is 18.4. The summed E-state index contributed by atoms with van der Waals surface area (Å²) in [7, 11) is 0. The molecule has 1 aromatic rings. The highest BCUT2D eigenvalue weighted by atomic mass is 16.5. The van der Waals surface area contributed by atoms with Gasteiger partial charge in [-0.05, 0) is 49.3 Å². The second-order valence-electron chi connectivity index (χ2n) is 7.76. The predicted molar refractivity (Wildman–Crippen MR) is 103 cm³/mol. The van der Waals surface area contributed by atoms with Crippen molar-refractivity contribution >= 4 is 12.0 Å². The van der Waals surface area contributed by atoms with Crippen LogP contribution in [0.4, 0.5) is 0 Å². The number of carbonyl (C=O) groups excluding carboxylic acids is 1. The number of amides is 1. The highest BCUT2D eigenvalue weighted by molar-refractivity contribution is 5.91. The Hall–Kier alpha value is -1.92. The molecule has 1 saturated carbocycles. The van der Waals surface area contributed by atoms with E-state index in [1.807, 2.05) is 18.2 Å². The first-order valence-corrected chi connectivity index (χ1v) is 10.2. The first-order chi connectivity index (χ1) is 13.3. The van der Waals surface area contributed by atoms with Gasteiger partial charge in [0.15, 0.2) is 0 Å². The summed E-state index contributed by atoms with van der Waals surface area (Å²) in [5.41, 5.74) is 0.906. The molecule has 0 atom stereocenters. The van der Waals surface area contributed by atoms with E-state index >= 15 is 0 Å². The molecule has 0 aromatic carbocycles. The summed E-state index contributed by atoms with van der Waals surface area (Å²) < 4.78 is 11.3. The molecule has 3 fully saturated rings. The van der Waals surface area contributed by atoms with Gasteiger partial charge in [-0.15, -0.1) is 0 Å². The van der Waals surface area contributed by atoms with Crippen LogP contribution in [0.25, 0.3) is 6.08 Å². The van der Waals surface area contributed by atoms with Crippen LogP contribution in [-0.4, -0.2) is 72.7 Å². The summed E-state index contributed by atoms with van der Waals surface area (Å²) in [5.74, 6) is 1.66. The van der Waals surface area contributed by atoms with Gasteiger partial charge in [-0.3, -0.25) is 4.79 Å². The van der Waals surface area contributed by atoms with E-state index in [0.717, 1.165) is 37.4 Å². The zero-order valence-electron chi connectivity index (χ0n) is 15.9. The minimum Gasteiger partial charge on any atom is -0.474 e. The highest BCUT2D eigenvalue weighted by Crippen LogP contribution is 2.30. The molecule has 1 amide bonds. The number of morpholine rings is 1. The van der Waals surface area contributed by atoms with Gasteiger partial charge in [-0.2, -0.15) is 0 Å². The van der Waals surface area contributed by atoms with Crippen molar-refractivity contribution < 1.29 is 14.3 Å². The minimum absolute atomic E-state index is 0.0246. The van der Waals surface area contributed by atoms with Crippen LogP contribution < -0.4 is 4.74 Å². The molecule has 0 unspecified atom stereocenters. The van der Waals surface area contributed by atoms with Gasteiger partial charge < -0.3 is 19.3 Å². The molecule has 2 aliphatic heterocycles. The average Bonchev–Trinajstić information content (AvgIpc) is 3.53. The highest BCUT2D eigenvalue weighted by Gasteiger charge is 2.27. The third kappa shape index (κ3) is 5.53. The molecule has 1 aliphatic carbocycles. The fourth-order valence-electron chi connectivity index (χ4n) is 3.66. The Bertz CT molecular complexity index is 643. The first-order valence-electron chi connectivity index (χ1n) is 10.2. The van der Waals surface area contributed by atoms with Crippen molar-refractivity contribution in [3.63, 3.8) is 0 Å². The van der Waals surface area contributed by atoms with Crippen molar-refractivity contribution in [3.05, 3.63) is 30.0 Å². The predicted octanol–water partition coefficient (Wildman–Crippen LogP) is 2.21. The molecule has 6 nitrogen and oxygen atoms in total. The second-order valence-corrected chi connectivity index (χ2v) is 7.76. The van der Waals surface area contributed by atoms with Crippen LogP contribution in [0.1, 0.15) is 31.2 Å². The molecule has 6 heteroatoms. The zero-order chi connectivity index (χ0) is 18.5. The summed E-state index contributed by atoms with van der Waals surface area (Å²) in [6, 6.07) is 3.85. The Labute approximate surface area is 161 Å². The summed E-state index contributed by atoms with van der Waals surface area (Å²) in [5, 5.41) is 0. The van der Waals surface area contributed by atoms with Crippen molar-refractivity contribution in [1.29, 1.82) is 0 Å². The van der Waals surface area contributed by atoms with E-state index in [4.69, 9.17) is 9.47 Å². The van der Waals surface area contributed by atoms with E-state index < -0.39 is 0 Å². The molecule has 0 N–H and O–H groups in total. The van der Waals surface area contributed by atoms with Gasteiger partial charge >= 0.3 is 0 Å². The Morgan fingerprint density at radius 1 is 1.15 bits per heavy atom. The van der Waals surface area contributed by atoms with Crippen LogP contribution in [0.5, 0.6) is 5.88 Å². The maximum absolute atomic E-state index is 12.1. The third-order valence-corrected chi connectivity index (χ3v) is 5.54. The Morgan fingerprint density at radius 3 is 2.59 bits per heavy atom. The van der Waals surface area contributed by atoms with Gasteiger partial charge in [-0.1, -0.05) is 0 Å². The zero-order valence-corrected chi connectivity index (χ0v) is 15.9. The van der Waals surface area contributed by atoms with Gasteiger partial charge in [0.05, 0.1) is 13.2 Å². The molecule has 27 heavy (non-hydrogen) atoms. The lowest BCUT2D eigenvalue weighted by Gasteiger charge is -2.31. The number of nitrogens with zero attached hydrogens (tertiary/aromatic N) is 3. The van der Waals surface area contributed by atoms with Gasteiger partial charge in [0.1, 0.15) is 6.10 Å². The molecule has 1 aromatic heterocycles. The Kier molecular flexibility index (Phi) is 6.04. The lowest BCUT2D eigenvalue weighted by molar-refractivity contribution is -0.129. The van der Waals surface area contributed by atoms with E-state index in [1.165, 1.54) is 19.4 Å². The van der Waals surface area contributed by atoms with Crippen molar-refractivity contribution in [2.24, 2.45) is 5.92 Å². The second kappa shape index (κ2) is 8.85. The lowest BCUT2D eigenvalue weighted by Crippen LogP contribution is -2.39. The summed E-state index contributed by atoms with van der Waals surface area (Å²) in [4.78, 5) is 20.9. The number of likely N-dealkylation sites (tertiary alicyclic amines) is 1. The lowest BCUT2D eigenvalue weighted by atomic mass is 10.1. The van der Waals surface area contributed by atoms with Crippen LogP contribution in [0, 0.1) is 5.92 Å². The fraction of sp³-hybridized carbons (Fsp3) is 0.619. The topological polar surface area (TPSA) is 54.9 Å². The molecule has 0 radical (unpaired) electrons. The van der Waals surface area contributed by atoms with Gasteiger partial charge in [0, 0.05) is 51.1 Å². The van der Waals surface area contributed by atoms with E-state index in [1.54, 1.807) is 17.2 Å². The van der Waals surface area contributed by atoms with Crippen LogP contribution in [0.2, 0.25) is 0 Å². The SMILES string of the molecule is O=C(C=Cc1ccc(OC2CCN(CC3CC3)CC2)nc1)N1CCOCC1. The van der Waals surface area contributed by atoms with E-state index in [9.17, 15) is 4.79 Å². The minimum atomic E-state index is 0.0246. The van der Waals surface area contributed by atoms with E-state index in [2.05, 4.69) is 9.88 Å². The number of pyridine rings is 1. The molecule has 0 spiro atoms. The molecular weight excluding hydrogens is 342 g/mol. The number of carbonyl (C=O) groups is 1. The van der Waals surface area contributed by atoms with Crippen molar-refractivity contribution in [3.8, 4) is 5.88 Å². The monoisotopic (exact) mass is 371 g/mol. The van der Waals surface area contributed by atoms with Gasteiger partial charge in [0.25, 0.3) is 0 Å². The van der Waals surface area contributed by atoms with Crippen molar-refractivity contribution in [1.82, 2.24) is 14.8 Å². The average molecular weight is 371 g/mol. The Morgan fingerprint density at radius 2 is 1.93 bits per heavy atom. The normalized spacial score (nSPS) is 22.3. The molecule has 0 bridgehead atoms. The number of aromatic nitrogens is 1. The number of hydrogen-bond donors (Lipinski definition) is 0. The van der Waals surface area contributed by atoms with Crippen LogP contribution in [0.3, 0.4) is 0 Å². The molecule has 146 valence electrons. The molecule has 3 heterocycles. The number of ether oxygens (including phenoxy) is 2. The quantitative estimate of drug-likeness (QED) is 0.718. The Balaban J connectivity index is 1.22. The number of rotatable bonds is 6. The van der Waals surface area contributed by atoms with E-state index in [0.29, 0.717) is 32.2 Å². The van der Waals surface area contributed by atoms with Crippen LogP contribution in [0.15, 0.2) is 24.4 Å². The largest absolute Gasteiger partial charge is 0.474 e. The summed E-state index contributed by atoms with van der Waals surface area (Å²) in [6.45, 7) is 6.09. The van der Waals surface area contributed by atoms with Crippen LogP contribution in [-0.2, 0) is 9.53 Å². The molecule has 3 aliphatic rings. The fourth-order valence-corrected chi connectivity index (χ4v) is 3.66. The molecule has 4 rings (SSSR count). The smallest absolute Gasteiger partial charge is 0.246 e. The summed E-state index contributed by atoms with van der Waals surface area (Å²) in [6.07, 6.45) is 10.4. The summed E-state index contributed by atoms with van der Waals surface area (Å²) >= 11 is 0. The van der Waals surface area contributed by atoms with Gasteiger partial charge in [0.2, 0.25) is 11.8 Å². The molecule has 2 saturated heterocycles. The maximum Gasteiger partial charge on any atom is 0.246 e. The number of piperidine rings is 1. The number of hydrogen-bond acceptors (Lipinski definition) is 5. The van der Waals surface area contributed by atoms with Gasteiger partial charge in [-0.25, -0.2) is 4.98 Å². The maximum atomic E-state index is 12.1. The standard InChI is InChI=1S/C21H29N3O3/c25-21(24-11-13-26-14-12-24)6-4-17-3-5-20(22-15-17)27-19-7-9-23(10-8-19)16-18-1-2-18/h3-6,15,18-19H,1-2,7-14,16H2. The van der Waals surface area contributed by atoms with Crippen molar-refractivity contribution in [2.75, 3.05) is 45.9 Å². The van der Waals surface area contributed by atoms with E-state index in [-0.39, 0.29) is 12.0 Å².